The molecule has 6 heteroatoms. The third-order valence-corrected chi connectivity index (χ3v) is 3.41. The first-order valence-corrected chi connectivity index (χ1v) is 5.70. The third kappa shape index (κ3) is 1.59. The number of para-hydroxylation sites is 1. The number of alkyl halides is 3. The zero-order valence-electron chi connectivity index (χ0n) is 9.42. The van der Waals surface area contributed by atoms with Gasteiger partial charge < -0.3 is 10.2 Å². The van der Waals surface area contributed by atoms with Crippen molar-refractivity contribution in [3.8, 4) is 0 Å². The maximum absolute atomic E-state index is 13.0. The first-order chi connectivity index (χ1) is 8.48. The van der Waals surface area contributed by atoms with Crippen LogP contribution in [0.2, 0.25) is 0 Å². The fraction of sp³-hybridized carbons (Fsp3) is 0.417. The topological polar surface area (TPSA) is 32.3 Å². The van der Waals surface area contributed by atoms with E-state index in [1.807, 2.05) is 0 Å². The van der Waals surface area contributed by atoms with Gasteiger partial charge in [-0.1, -0.05) is 12.1 Å². The summed E-state index contributed by atoms with van der Waals surface area (Å²) < 4.78 is 38.9. The van der Waals surface area contributed by atoms with Crippen LogP contribution in [0.1, 0.15) is 11.1 Å². The molecule has 2 aliphatic rings. The van der Waals surface area contributed by atoms with E-state index < -0.39 is 11.7 Å². The molecule has 1 atom stereocenters. The first-order valence-electron chi connectivity index (χ1n) is 5.70. The molecule has 0 spiro atoms. The number of hydrogen-bond acceptors (Lipinski definition) is 2. The van der Waals surface area contributed by atoms with E-state index in [0.29, 0.717) is 18.5 Å². The van der Waals surface area contributed by atoms with E-state index in [-0.39, 0.29) is 24.2 Å². The van der Waals surface area contributed by atoms with Gasteiger partial charge in [0.1, 0.15) is 0 Å². The van der Waals surface area contributed by atoms with Crippen molar-refractivity contribution < 1.29 is 18.0 Å². The van der Waals surface area contributed by atoms with E-state index in [0.717, 1.165) is 6.07 Å². The summed E-state index contributed by atoms with van der Waals surface area (Å²) in [4.78, 5) is 13.1. The minimum absolute atomic E-state index is 0.0569. The van der Waals surface area contributed by atoms with Crippen LogP contribution in [0.15, 0.2) is 18.2 Å². The molecule has 1 saturated heterocycles. The van der Waals surface area contributed by atoms with Gasteiger partial charge in [0.25, 0.3) is 0 Å². The summed E-state index contributed by atoms with van der Waals surface area (Å²) in [5.74, 6) is -0.290. The minimum atomic E-state index is -4.43. The lowest BCUT2D eigenvalue weighted by atomic mass is 10.1. The van der Waals surface area contributed by atoms with Gasteiger partial charge in [0.15, 0.2) is 0 Å². The lowest BCUT2D eigenvalue weighted by Crippen LogP contribution is -2.53. The van der Waals surface area contributed by atoms with E-state index in [2.05, 4.69) is 5.32 Å². The number of nitrogens with one attached hydrogen (secondary N) is 1. The predicted molar refractivity (Wildman–Crippen MR) is 59.3 cm³/mol. The number of rotatable bonds is 0. The highest BCUT2D eigenvalue weighted by atomic mass is 19.4. The fourth-order valence-corrected chi connectivity index (χ4v) is 2.72. The molecule has 1 unspecified atom stereocenters. The molecule has 0 saturated carbocycles. The third-order valence-electron chi connectivity index (χ3n) is 3.41. The van der Waals surface area contributed by atoms with Crippen LogP contribution in [0.3, 0.4) is 0 Å². The Bertz CT molecular complexity index is 513. The van der Waals surface area contributed by atoms with Gasteiger partial charge in [0, 0.05) is 6.54 Å². The Morgan fingerprint density at radius 1 is 1.33 bits per heavy atom. The van der Waals surface area contributed by atoms with E-state index in [1.54, 1.807) is 6.07 Å². The van der Waals surface area contributed by atoms with E-state index in [9.17, 15) is 18.0 Å². The molecule has 0 aromatic heterocycles. The smallest absolute Gasteiger partial charge is 0.306 e. The summed E-state index contributed by atoms with van der Waals surface area (Å²) in [6, 6.07) is 3.91. The van der Waals surface area contributed by atoms with E-state index >= 15 is 0 Å². The zero-order chi connectivity index (χ0) is 12.9. The van der Waals surface area contributed by atoms with Crippen LogP contribution in [0, 0.1) is 0 Å². The number of hydrogen-bond donors (Lipinski definition) is 1. The van der Waals surface area contributed by atoms with Crippen LogP contribution < -0.4 is 10.2 Å². The summed E-state index contributed by atoms with van der Waals surface area (Å²) in [7, 11) is 0. The van der Waals surface area contributed by atoms with Crippen molar-refractivity contribution in [3.05, 3.63) is 29.3 Å². The summed E-state index contributed by atoms with van der Waals surface area (Å²) in [5, 5.41) is 2.93. The van der Waals surface area contributed by atoms with Gasteiger partial charge in [-0.15, -0.1) is 0 Å². The number of carbonyl (C=O) groups excluding carboxylic acids is 1. The van der Waals surface area contributed by atoms with Gasteiger partial charge in [-0.05, 0) is 18.1 Å². The molecule has 1 aromatic carbocycles. The van der Waals surface area contributed by atoms with Crippen molar-refractivity contribution in [3.63, 3.8) is 0 Å². The Morgan fingerprint density at radius 2 is 2.11 bits per heavy atom. The van der Waals surface area contributed by atoms with Crippen molar-refractivity contribution in [1.29, 1.82) is 0 Å². The normalized spacial score (nSPS) is 22.9. The number of carbonyl (C=O) groups is 1. The SMILES string of the molecule is O=C1CNCC2Cc3cccc(C(F)(F)F)c3N12. The number of anilines is 1. The predicted octanol–water partition coefficient (Wildman–Crippen LogP) is 1.57. The zero-order valence-corrected chi connectivity index (χ0v) is 9.42. The van der Waals surface area contributed by atoms with Crippen molar-refractivity contribution in [2.24, 2.45) is 0 Å². The maximum atomic E-state index is 13.0. The summed E-state index contributed by atoms with van der Waals surface area (Å²) in [5.41, 5.74) is -0.0499. The molecule has 3 nitrogen and oxygen atoms in total. The number of amides is 1. The van der Waals surface area contributed by atoms with Crippen LogP contribution >= 0.6 is 0 Å². The molecule has 0 aliphatic carbocycles. The highest BCUT2D eigenvalue weighted by Gasteiger charge is 2.43. The summed E-state index contributed by atoms with van der Waals surface area (Å²) >= 11 is 0. The number of piperazine rings is 1. The van der Waals surface area contributed by atoms with Crippen molar-refractivity contribution in [1.82, 2.24) is 5.32 Å². The standard InChI is InChI=1S/C12H11F3N2O/c13-12(14,15)9-3-1-2-7-4-8-5-16-6-10(18)17(8)11(7)9/h1-3,8,16H,4-6H2. The fourth-order valence-electron chi connectivity index (χ4n) is 2.72. The molecule has 0 radical (unpaired) electrons. The van der Waals surface area contributed by atoms with Crippen LogP contribution in [-0.2, 0) is 17.4 Å². The Labute approximate surface area is 102 Å². The molecule has 2 heterocycles. The van der Waals surface area contributed by atoms with Crippen molar-refractivity contribution in [2.75, 3.05) is 18.0 Å². The average molecular weight is 256 g/mol. The highest BCUT2D eigenvalue weighted by Crippen LogP contribution is 2.43. The van der Waals surface area contributed by atoms with E-state index in [4.69, 9.17) is 0 Å². The molecule has 3 rings (SSSR count). The minimum Gasteiger partial charge on any atom is -0.306 e. The van der Waals surface area contributed by atoms with Crippen LogP contribution in [-0.4, -0.2) is 25.0 Å². The number of halogens is 3. The highest BCUT2D eigenvalue weighted by molar-refractivity contribution is 5.99. The lowest BCUT2D eigenvalue weighted by molar-refractivity contribution is -0.137. The molecule has 0 bridgehead atoms. The average Bonchev–Trinajstić information content (AvgIpc) is 2.66. The van der Waals surface area contributed by atoms with E-state index in [1.165, 1.54) is 11.0 Å². The van der Waals surface area contributed by atoms with Gasteiger partial charge in [-0.3, -0.25) is 4.79 Å². The molecular weight excluding hydrogens is 245 g/mol. The first kappa shape index (κ1) is 11.5. The molecule has 2 aliphatic heterocycles. The molecule has 18 heavy (non-hydrogen) atoms. The number of nitrogens with zero attached hydrogens (tertiary/aromatic N) is 1. The molecular formula is C12H11F3N2O. The molecule has 1 N–H and O–H groups in total. The monoisotopic (exact) mass is 256 g/mol. The second kappa shape index (κ2) is 3.71. The molecule has 1 fully saturated rings. The van der Waals surface area contributed by atoms with Gasteiger partial charge in [-0.2, -0.15) is 13.2 Å². The maximum Gasteiger partial charge on any atom is 0.418 e. The second-order valence-corrected chi connectivity index (χ2v) is 4.56. The van der Waals surface area contributed by atoms with Crippen molar-refractivity contribution in [2.45, 2.75) is 18.6 Å². The summed E-state index contributed by atoms with van der Waals surface area (Å²) in [6.07, 6.45) is -3.94. The van der Waals surface area contributed by atoms with Gasteiger partial charge >= 0.3 is 6.18 Å². The molecule has 1 aromatic rings. The molecule has 96 valence electrons. The quantitative estimate of drug-likeness (QED) is 0.764. The Kier molecular flexibility index (Phi) is 2.38. The van der Waals surface area contributed by atoms with Crippen LogP contribution in [0.5, 0.6) is 0 Å². The number of fused-ring (bicyclic) bond motifs is 3. The van der Waals surface area contributed by atoms with Crippen LogP contribution in [0.4, 0.5) is 18.9 Å². The van der Waals surface area contributed by atoms with Gasteiger partial charge in [0.2, 0.25) is 5.91 Å². The Morgan fingerprint density at radius 3 is 2.83 bits per heavy atom. The second-order valence-electron chi connectivity index (χ2n) is 4.56. The van der Waals surface area contributed by atoms with Crippen LogP contribution in [0.25, 0.3) is 0 Å². The van der Waals surface area contributed by atoms with Gasteiger partial charge in [0.05, 0.1) is 23.8 Å². The lowest BCUT2D eigenvalue weighted by Gasteiger charge is -2.31. The van der Waals surface area contributed by atoms with Gasteiger partial charge in [-0.25, -0.2) is 0 Å². The Balaban J connectivity index is 2.15. The largest absolute Gasteiger partial charge is 0.418 e. The summed E-state index contributed by atoms with van der Waals surface area (Å²) in [6.45, 7) is 0.639. The number of benzene rings is 1. The Hall–Kier alpha value is -1.56. The molecule has 1 amide bonds. The van der Waals surface area contributed by atoms with Crippen molar-refractivity contribution >= 4 is 11.6 Å².